The monoisotopic (exact) mass is 428 g/mol. The summed E-state index contributed by atoms with van der Waals surface area (Å²) in [6, 6.07) is 20.8. The molecule has 1 N–H and O–H groups in total. The molecule has 0 radical (unpaired) electrons. The quantitative estimate of drug-likeness (QED) is 0.615. The Morgan fingerprint density at radius 1 is 1.00 bits per heavy atom. The molecule has 32 heavy (non-hydrogen) atoms. The number of benzene rings is 2. The lowest BCUT2D eigenvalue weighted by atomic mass is 10.1. The van der Waals surface area contributed by atoms with Gasteiger partial charge in [-0.2, -0.15) is 5.26 Å². The number of nitrogens with zero attached hydrogens (tertiary/aromatic N) is 4. The minimum Gasteiger partial charge on any atom is -0.489 e. The second kappa shape index (κ2) is 9.94. The van der Waals surface area contributed by atoms with E-state index >= 15 is 0 Å². The number of carboxylic acid groups (broad SMARTS) is 1. The van der Waals surface area contributed by atoms with Crippen molar-refractivity contribution in [1.29, 1.82) is 5.26 Å². The number of rotatable bonds is 7. The van der Waals surface area contributed by atoms with Crippen LogP contribution >= 0.6 is 0 Å². The summed E-state index contributed by atoms with van der Waals surface area (Å²) in [5.41, 5.74) is 3.17. The standard InChI is InChI=1S/C25H24N4O3/c26-16-19-7-9-22(10-8-19)32-18-21-5-3-20(4-6-21)17-28-12-14-29(15-13-28)24-23(25(30)31)2-1-11-27-24/h1-11H,12-15,17-18H2,(H,30,31). The van der Waals surface area contributed by atoms with Crippen LogP contribution in [0.25, 0.3) is 0 Å². The molecule has 7 nitrogen and oxygen atoms in total. The van der Waals surface area contributed by atoms with E-state index in [1.54, 1.807) is 42.6 Å². The summed E-state index contributed by atoms with van der Waals surface area (Å²) in [7, 11) is 0. The van der Waals surface area contributed by atoms with Crippen LogP contribution in [0.15, 0.2) is 66.9 Å². The van der Waals surface area contributed by atoms with Gasteiger partial charge < -0.3 is 14.7 Å². The van der Waals surface area contributed by atoms with Crippen molar-refractivity contribution in [3.05, 3.63) is 89.1 Å². The molecule has 1 aliphatic heterocycles. The lowest BCUT2D eigenvalue weighted by molar-refractivity contribution is 0.0697. The first-order chi connectivity index (χ1) is 15.6. The van der Waals surface area contributed by atoms with Crippen LogP contribution in [0.1, 0.15) is 27.0 Å². The maximum Gasteiger partial charge on any atom is 0.339 e. The van der Waals surface area contributed by atoms with Gasteiger partial charge in [-0.25, -0.2) is 9.78 Å². The maximum atomic E-state index is 11.5. The Bertz CT molecular complexity index is 1100. The minimum atomic E-state index is -0.946. The molecule has 0 amide bonds. The second-order valence-corrected chi connectivity index (χ2v) is 7.68. The molecule has 0 bridgehead atoms. The van der Waals surface area contributed by atoms with E-state index in [1.165, 1.54) is 5.56 Å². The van der Waals surface area contributed by atoms with Crippen molar-refractivity contribution in [2.75, 3.05) is 31.1 Å². The van der Waals surface area contributed by atoms with Gasteiger partial charge in [-0.1, -0.05) is 24.3 Å². The van der Waals surface area contributed by atoms with Crippen molar-refractivity contribution >= 4 is 11.8 Å². The average molecular weight is 428 g/mol. The van der Waals surface area contributed by atoms with Gasteiger partial charge in [0.2, 0.25) is 0 Å². The van der Waals surface area contributed by atoms with Gasteiger partial charge in [-0.15, -0.1) is 0 Å². The number of piperazine rings is 1. The summed E-state index contributed by atoms with van der Waals surface area (Å²) in [6.07, 6.45) is 1.64. The van der Waals surface area contributed by atoms with Gasteiger partial charge in [0.25, 0.3) is 0 Å². The zero-order chi connectivity index (χ0) is 22.3. The molecule has 0 spiro atoms. The zero-order valence-electron chi connectivity index (χ0n) is 17.6. The van der Waals surface area contributed by atoms with E-state index < -0.39 is 5.97 Å². The average Bonchev–Trinajstić information content (AvgIpc) is 2.84. The number of aromatic carboxylic acids is 1. The highest BCUT2D eigenvalue weighted by Crippen LogP contribution is 2.20. The van der Waals surface area contributed by atoms with Crippen molar-refractivity contribution in [2.45, 2.75) is 13.2 Å². The van der Waals surface area contributed by atoms with Gasteiger partial charge in [0.15, 0.2) is 0 Å². The molecule has 3 aromatic rings. The fourth-order valence-electron chi connectivity index (χ4n) is 3.73. The van der Waals surface area contributed by atoms with Crippen molar-refractivity contribution < 1.29 is 14.6 Å². The fourth-order valence-corrected chi connectivity index (χ4v) is 3.73. The van der Waals surface area contributed by atoms with Crippen molar-refractivity contribution in [3.63, 3.8) is 0 Å². The number of pyridine rings is 1. The molecule has 1 fully saturated rings. The van der Waals surface area contributed by atoms with Crippen LogP contribution < -0.4 is 9.64 Å². The number of ether oxygens (including phenoxy) is 1. The first kappa shape index (κ1) is 21.3. The van der Waals surface area contributed by atoms with Crippen LogP contribution in [0.5, 0.6) is 5.75 Å². The van der Waals surface area contributed by atoms with Crippen molar-refractivity contribution in [1.82, 2.24) is 9.88 Å². The van der Waals surface area contributed by atoms with Crippen LogP contribution in [0.4, 0.5) is 5.82 Å². The van der Waals surface area contributed by atoms with E-state index in [-0.39, 0.29) is 5.56 Å². The predicted octanol–water partition coefficient (Wildman–Crippen LogP) is 3.55. The molecular formula is C25H24N4O3. The Hall–Kier alpha value is -3.89. The highest BCUT2D eigenvalue weighted by atomic mass is 16.5. The number of carboxylic acids is 1. The largest absolute Gasteiger partial charge is 0.489 e. The SMILES string of the molecule is N#Cc1ccc(OCc2ccc(CN3CCN(c4ncccc4C(=O)O)CC3)cc2)cc1. The molecular weight excluding hydrogens is 404 g/mol. The summed E-state index contributed by atoms with van der Waals surface area (Å²) in [6.45, 7) is 4.50. The molecule has 0 unspecified atom stereocenters. The van der Waals surface area contributed by atoms with Crippen LogP contribution in [0.2, 0.25) is 0 Å². The van der Waals surface area contributed by atoms with Gasteiger partial charge in [-0.3, -0.25) is 4.90 Å². The molecule has 1 aromatic heterocycles. The van der Waals surface area contributed by atoms with Gasteiger partial charge in [0.1, 0.15) is 23.7 Å². The lowest BCUT2D eigenvalue weighted by Gasteiger charge is -2.35. The fraction of sp³-hybridized carbons (Fsp3) is 0.240. The van der Waals surface area contributed by atoms with Crippen molar-refractivity contribution in [3.8, 4) is 11.8 Å². The number of hydrogen-bond donors (Lipinski definition) is 1. The van der Waals surface area contributed by atoms with E-state index in [9.17, 15) is 9.90 Å². The highest BCUT2D eigenvalue weighted by Gasteiger charge is 2.22. The maximum absolute atomic E-state index is 11.5. The Labute approximate surface area is 187 Å². The molecule has 162 valence electrons. The Balaban J connectivity index is 1.27. The Morgan fingerprint density at radius 3 is 2.34 bits per heavy atom. The molecule has 1 saturated heterocycles. The summed E-state index contributed by atoms with van der Waals surface area (Å²) in [5, 5.41) is 18.2. The van der Waals surface area contributed by atoms with Gasteiger partial charge in [0, 0.05) is 38.9 Å². The predicted molar refractivity (Wildman–Crippen MR) is 121 cm³/mol. The number of carbonyl (C=O) groups is 1. The van der Waals surface area contributed by atoms with E-state index in [0.717, 1.165) is 44.0 Å². The van der Waals surface area contributed by atoms with Gasteiger partial charge >= 0.3 is 5.97 Å². The third kappa shape index (κ3) is 5.23. The number of nitriles is 1. The minimum absolute atomic E-state index is 0.250. The van der Waals surface area contributed by atoms with Crippen molar-refractivity contribution in [2.24, 2.45) is 0 Å². The summed E-state index contributed by atoms with van der Waals surface area (Å²) in [5.74, 6) is 0.343. The molecule has 0 aliphatic carbocycles. The normalized spacial score (nSPS) is 14.0. The summed E-state index contributed by atoms with van der Waals surface area (Å²) < 4.78 is 5.79. The second-order valence-electron chi connectivity index (χ2n) is 7.68. The van der Waals surface area contributed by atoms with E-state index in [2.05, 4.69) is 40.2 Å². The number of aromatic nitrogens is 1. The van der Waals surface area contributed by atoms with E-state index in [4.69, 9.17) is 10.00 Å². The molecule has 0 atom stereocenters. The summed E-state index contributed by atoms with van der Waals surface area (Å²) in [4.78, 5) is 20.2. The van der Waals surface area contributed by atoms with Gasteiger partial charge in [-0.05, 0) is 47.5 Å². The van der Waals surface area contributed by atoms with Crippen LogP contribution in [-0.2, 0) is 13.2 Å². The van der Waals surface area contributed by atoms with Crippen LogP contribution in [0.3, 0.4) is 0 Å². The molecule has 2 aromatic carbocycles. The topological polar surface area (TPSA) is 89.7 Å². The van der Waals surface area contributed by atoms with Gasteiger partial charge in [0.05, 0.1) is 11.6 Å². The Morgan fingerprint density at radius 2 is 1.69 bits per heavy atom. The summed E-state index contributed by atoms with van der Waals surface area (Å²) >= 11 is 0. The van der Waals surface area contributed by atoms with Crippen LogP contribution in [-0.4, -0.2) is 47.1 Å². The first-order valence-corrected chi connectivity index (χ1v) is 10.5. The third-order valence-electron chi connectivity index (χ3n) is 5.51. The number of hydrogen-bond acceptors (Lipinski definition) is 6. The molecule has 0 saturated carbocycles. The molecule has 1 aliphatic rings. The molecule has 2 heterocycles. The molecule has 7 heteroatoms. The third-order valence-corrected chi connectivity index (χ3v) is 5.51. The zero-order valence-corrected chi connectivity index (χ0v) is 17.6. The highest BCUT2D eigenvalue weighted by molar-refractivity contribution is 5.93. The van der Waals surface area contributed by atoms with E-state index in [0.29, 0.717) is 18.0 Å². The Kier molecular flexibility index (Phi) is 6.63. The number of anilines is 1. The lowest BCUT2D eigenvalue weighted by Crippen LogP contribution is -2.46. The first-order valence-electron chi connectivity index (χ1n) is 10.5. The van der Waals surface area contributed by atoms with E-state index in [1.807, 2.05) is 4.90 Å². The molecule has 4 rings (SSSR count). The van der Waals surface area contributed by atoms with Crippen LogP contribution in [0, 0.1) is 11.3 Å². The smallest absolute Gasteiger partial charge is 0.339 e.